The first-order valence-electron chi connectivity index (χ1n) is 14.0. The minimum Gasteiger partial charge on any atom is -0.345 e. The van der Waals surface area contributed by atoms with E-state index >= 15 is 0 Å². The molecule has 36 heavy (non-hydrogen) atoms. The van der Waals surface area contributed by atoms with Gasteiger partial charge in [0.2, 0.25) is 11.8 Å². The number of carbonyl (C=O) groups is 2. The Morgan fingerprint density at radius 2 is 1.67 bits per heavy atom. The summed E-state index contributed by atoms with van der Waals surface area (Å²) < 4.78 is 2.19. The molecule has 0 N–H and O–H groups in total. The van der Waals surface area contributed by atoms with E-state index in [1.54, 1.807) is 4.90 Å². The molecule has 1 aromatic carbocycles. The molecule has 0 radical (unpaired) electrons. The Morgan fingerprint density at radius 3 is 2.39 bits per heavy atom. The van der Waals surface area contributed by atoms with Crippen molar-refractivity contribution in [1.82, 2.24) is 14.4 Å². The molecule has 4 rings (SSSR count). The van der Waals surface area contributed by atoms with Crippen LogP contribution in [0, 0.1) is 5.92 Å². The van der Waals surface area contributed by atoms with E-state index in [9.17, 15) is 9.59 Å². The van der Waals surface area contributed by atoms with Crippen molar-refractivity contribution in [3.8, 4) is 0 Å². The highest BCUT2D eigenvalue weighted by Crippen LogP contribution is 2.29. The number of carbonyl (C=O) groups excluding carboxylic acids is 2. The lowest BCUT2D eigenvalue weighted by Gasteiger charge is -2.36. The predicted molar refractivity (Wildman–Crippen MR) is 146 cm³/mol. The fraction of sp³-hybridized carbons (Fsp3) is 0.600. The van der Waals surface area contributed by atoms with Gasteiger partial charge in [0.15, 0.2) is 0 Å². The van der Waals surface area contributed by atoms with Gasteiger partial charge in [0, 0.05) is 42.5 Å². The number of aromatic nitrogens is 1. The van der Waals surface area contributed by atoms with Gasteiger partial charge in [-0.25, -0.2) is 0 Å². The highest BCUT2D eigenvalue weighted by Gasteiger charge is 2.29. The lowest BCUT2D eigenvalue weighted by molar-refractivity contribution is -0.142. The predicted octanol–water partition coefficient (Wildman–Crippen LogP) is 6.67. The van der Waals surface area contributed by atoms with Crippen LogP contribution in [0.5, 0.6) is 0 Å². The summed E-state index contributed by atoms with van der Waals surface area (Å²) in [6.07, 6.45) is 14.3. The molecule has 0 spiro atoms. The molecule has 2 amide bonds. The van der Waals surface area contributed by atoms with E-state index in [4.69, 9.17) is 11.6 Å². The van der Waals surface area contributed by atoms with Crippen molar-refractivity contribution in [2.75, 3.05) is 13.1 Å². The van der Waals surface area contributed by atoms with E-state index < -0.39 is 0 Å². The zero-order valence-electron chi connectivity index (χ0n) is 21.8. The molecule has 0 saturated heterocycles. The van der Waals surface area contributed by atoms with Crippen LogP contribution in [0.3, 0.4) is 0 Å². The van der Waals surface area contributed by atoms with Gasteiger partial charge in [-0.2, -0.15) is 0 Å². The molecule has 0 aliphatic heterocycles. The molecule has 196 valence electrons. The van der Waals surface area contributed by atoms with Crippen LogP contribution in [0.2, 0.25) is 5.02 Å². The second-order valence-electron chi connectivity index (χ2n) is 10.6. The molecule has 0 atom stereocenters. The SMILES string of the molecule is CCN(CC(=O)N(Cc1cccn1Cc1ccccc1Cl)C1CCCCC1)C(=O)CCC1CCCC1. The highest BCUT2D eigenvalue weighted by molar-refractivity contribution is 6.31. The first-order valence-corrected chi connectivity index (χ1v) is 14.4. The monoisotopic (exact) mass is 511 g/mol. The average Bonchev–Trinajstić information content (AvgIpc) is 3.58. The number of halogens is 1. The van der Waals surface area contributed by atoms with Gasteiger partial charge in [0.25, 0.3) is 0 Å². The van der Waals surface area contributed by atoms with Crippen molar-refractivity contribution in [2.45, 2.75) is 96.7 Å². The number of hydrogen-bond donors (Lipinski definition) is 0. The Morgan fingerprint density at radius 1 is 0.944 bits per heavy atom. The maximum atomic E-state index is 13.7. The molecule has 2 saturated carbocycles. The summed E-state index contributed by atoms with van der Waals surface area (Å²) >= 11 is 6.43. The fourth-order valence-corrected chi connectivity index (χ4v) is 6.16. The van der Waals surface area contributed by atoms with Crippen molar-refractivity contribution in [2.24, 2.45) is 5.92 Å². The third-order valence-corrected chi connectivity index (χ3v) is 8.56. The van der Waals surface area contributed by atoms with E-state index in [0.717, 1.165) is 48.4 Å². The van der Waals surface area contributed by atoms with Crippen molar-refractivity contribution < 1.29 is 9.59 Å². The molecular formula is C30H42ClN3O2. The summed E-state index contributed by atoms with van der Waals surface area (Å²) in [6.45, 7) is 3.99. The zero-order chi connectivity index (χ0) is 25.3. The first-order chi connectivity index (χ1) is 17.5. The lowest BCUT2D eigenvalue weighted by Crippen LogP contribution is -2.47. The molecular weight excluding hydrogens is 470 g/mol. The number of benzene rings is 1. The molecule has 6 heteroatoms. The second kappa shape index (κ2) is 13.3. The topological polar surface area (TPSA) is 45.6 Å². The maximum Gasteiger partial charge on any atom is 0.242 e. The zero-order valence-corrected chi connectivity index (χ0v) is 22.6. The molecule has 1 aromatic heterocycles. The van der Waals surface area contributed by atoms with Crippen LogP contribution in [0.25, 0.3) is 0 Å². The van der Waals surface area contributed by atoms with Crippen molar-refractivity contribution in [1.29, 1.82) is 0 Å². The summed E-state index contributed by atoms with van der Waals surface area (Å²) in [4.78, 5) is 30.6. The Bertz CT molecular complexity index is 992. The van der Waals surface area contributed by atoms with Gasteiger partial charge in [-0.15, -0.1) is 0 Å². The van der Waals surface area contributed by atoms with Gasteiger partial charge < -0.3 is 14.4 Å². The number of amides is 2. The standard InChI is InChI=1S/C30H42ClN3O2/c1-2-32(29(35)19-18-24-11-6-7-12-24)23-30(36)34(26-14-4-3-5-15-26)22-27-16-10-20-33(27)21-25-13-8-9-17-28(25)31/h8-10,13,16-17,20,24,26H,2-7,11-12,14-15,18-19,21-23H2,1H3. The van der Waals surface area contributed by atoms with E-state index in [0.29, 0.717) is 32.0 Å². The number of nitrogens with zero attached hydrogens (tertiary/aromatic N) is 3. The summed E-state index contributed by atoms with van der Waals surface area (Å²) in [5, 5.41) is 0.757. The molecule has 1 heterocycles. The summed E-state index contributed by atoms with van der Waals surface area (Å²) in [5.74, 6) is 0.889. The fourth-order valence-electron chi connectivity index (χ4n) is 5.96. The third-order valence-electron chi connectivity index (χ3n) is 8.19. The number of likely N-dealkylation sites (N-methyl/N-ethyl adjacent to an activating group) is 1. The van der Waals surface area contributed by atoms with Gasteiger partial charge in [0.05, 0.1) is 13.1 Å². The van der Waals surface area contributed by atoms with Crippen LogP contribution in [0.4, 0.5) is 0 Å². The van der Waals surface area contributed by atoms with Crippen molar-refractivity contribution >= 4 is 23.4 Å². The second-order valence-corrected chi connectivity index (χ2v) is 11.0. The number of rotatable bonds is 11. The molecule has 2 aliphatic carbocycles. The van der Waals surface area contributed by atoms with Crippen molar-refractivity contribution in [3.63, 3.8) is 0 Å². The van der Waals surface area contributed by atoms with Crippen molar-refractivity contribution in [3.05, 3.63) is 58.9 Å². The molecule has 2 fully saturated rings. The minimum absolute atomic E-state index is 0.0726. The quantitative estimate of drug-likeness (QED) is 0.338. The lowest BCUT2D eigenvalue weighted by atomic mass is 9.94. The van der Waals surface area contributed by atoms with E-state index in [1.165, 1.54) is 32.1 Å². The van der Waals surface area contributed by atoms with Gasteiger partial charge in [-0.3, -0.25) is 9.59 Å². The van der Waals surface area contributed by atoms with Crippen LogP contribution in [0.15, 0.2) is 42.6 Å². The summed E-state index contributed by atoms with van der Waals surface area (Å²) in [5.41, 5.74) is 2.17. The first kappa shape index (κ1) is 26.8. The Kier molecular flexibility index (Phi) is 9.91. The molecule has 2 aromatic rings. The van der Waals surface area contributed by atoms with Crippen LogP contribution < -0.4 is 0 Å². The van der Waals surface area contributed by atoms with E-state index in [-0.39, 0.29) is 24.4 Å². The summed E-state index contributed by atoms with van der Waals surface area (Å²) in [7, 11) is 0. The van der Waals surface area contributed by atoms with Gasteiger partial charge >= 0.3 is 0 Å². The highest BCUT2D eigenvalue weighted by atomic mass is 35.5. The molecule has 5 nitrogen and oxygen atoms in total. The molecule has 0 bridgehead atoms. The smallest absolute Gasteiger partial charge is 0.242 e. The van der Waals surface area contributed by atoms with Crippen LogP contribution in [-0.4, -0.2) is 45.3 Å². The van der Waals surface area contributed by atoms with E-state index in [2.05, 4.69) is 21.7 Å². The van der Waals surface area contributed by atoms with Crippen LogP contribution in [0.1, 0.15) is 88.8 Å². The Hall–Kier alpha value is -2.27. The third kappa shape index (κ3) is 7.15. The number of hydrogen-bond acceptors (Lipinski definition) is 2. The molecule has 2 aliphatic rings. The van der Waals surface area contributed by atoms with E-state index in [1.807, 2.05) is 37.3 Å². The van der Waals surface area contributed by atoms with Gasteiger partial charge in [0.1, 0.15) is 0 Å². The average molecular weight is 512 g/mol. The summed E-state index contributed by atoms with van der Waals surface area (Å²) in [6, 6.07) is 12.3. The molecule has 0 unspecified atom stereocenters. The van der Waals surface area contributed by atoms with Crippen LogP contribution in [-0.2, 0) is 22.7 Å². The Labute approximate surface area is 221 Å². The maximum absolute atomic E-state index is 13.7. The minimum atomic E-state index is 0.0726. The Balaban J connectivity index is 1.44. The van der Waals surface area contributed by atoms with Gasteiger partial charge in [-0.05, 0) is 55.9 Å². The normalized spacial score (nSPS) is 16.8. The van der Waals surface area contributed by atoms with Crippen LogP contribution >= 0.6 is 11.6 Å². The largest absolute Gasteiger partial charge is 0.345 e. The van der Waals surface area contributed by atoms with Gasteiger partial charge in [-0.1, -0.05) is 74.7 Å².